The van der Waals surface area contributed by atoms with Gasteiger partial charge in [-0.2, -0.15) is 0 Å². The van der Waals surface area contributed by atoms with E-state index in [0.717, 1.165) is 4.88 Å². The maximum absolute atomic E-state index is 11.3. The molecular formula is C9H9NO3S. The van der Waals surface area contributed by atoms with Gasteiger partial charge in [0, 0.05) is 4.88 Å². The number of nitrogens with one attached hydrogen (secondary N) is 1. The molecule has 2 aromatic heterocycles. The van der Waals surface area contributed by atoms with Crippen molar-refractivity contribution in [2.75, 3.05) is 0 Å². The summed E-state index contributed by atoms with van der Waals surface area (Å²) in [7, 11) is 0. The molecule has 0 fully saturated rings. The summed E-state index contributed by atoms with van der Waals surface area (Å²) in [6.45, 7) is 4.06. The molecule has 0 aliphatic carbocycles. The summed E-state index contributed by atoms with van der Waals surface area (Å²) in [4.78, 5) is 26.3. The first-order chi connectivity index (χ1) is 6.58. The van der Waals surface area contributed by atoms with Crippen LogP contribution >= 0.6 is 11.3 Å². The minimum absolute atomic E-state index is 0.343. The average Bonchev–Trinajstić information content (AvgIpc) is 2.47. The van der Waals surface area contributed by atoms with Crippen LogP contribution in [0.15, 0.2) is 20.1 Å². The van der Waals surface area contributed by atoms with E-state index >= 15 is 0 Å². The average molecular weight is 211 g/mol. The quantitative estimate of drug-likeness (QED) is 0.780. The largest absolute Gasteiger partial charge is 0.420 e. The Hall–Kier alpha value is -1.36. The highest BCUT2D eigenvalue weighted by atomic mass is 32.1. The van der Waals surface area contributed by atoms with E-state index in [1.807, 2.05) is 13.8 Å². The van der Waals surface area contributed by atoms with Gasteiger partial charge in [0.1, 0.15) is 4.83 Å². The third-order valence-electron chi connectivity index (χ3n) is 1.94. The van der Waals surface area contributed by atoms with Crippen LogP contribution in [-0.4, -0.2) is 4.98 Å². The maximum Gasteiger partial charge on any atom is 0.420 e. The highest BCUT2D eigenvalue weighted by Gasteiger charge is 2.09. The first-order valence-corrected chi connectivity index (χ1v) is 5.06. The van der Waals surface area contributed by atoms with Crippen molar-refractivity contribution in [3.8, 4) is 0 Å². The molecule has 2 rings (SSSR count). The zero-order valence-electron chi connectivity index (χ0n) is 7.79. The van der Waals surface area contributed by atoms with E-state index in [1.165, 1.54) is 11.3 Å². The van der Waals surface area contributed by atoms with Crippen LogP contribution in [0.2, 0.25) is 0 Å². The van der Waals surface area contributed by atoms with Crippen molar-refractivity contribution < 1.29 is 4.42 Å². The number of H-pyrrole nitrogens is 1. The maximum atomic E-state index is 11.3. The fraction of sp³-hybridized carbons (Fsp3) is 0.333. The molecule has 0 bridgehead atoms. The Labute approximate surface area is 83.2 Å². The van der Waals surface area contributed by atoms with Gasteiger partial charge in [0.25, 0.3) is 0 Å². The molecule has 0 amide bonds. The van der Waals surface area contributed by atoms with Gasteiger partial charge in [0.2, 0.25) is 0 Å². The monoisotopic (exact) mass is 211 g/mol. The second-order valence-corrected chi connectivity index (χ2v) is 4.43. The summed E-state index contributed by atoms with van der Waals surface area (Å²) in [5.74, 6) is -0.352. The molecule has 0 aromatic carbocycles. The predicted molar refractivity (Wildman–Crippen MR) is 55.1 cm³/mol. The van der Waals surface area contributed by atoms with Gasteiger partial charge in [-0.3, -0.25) is 4.98 Å². The van der Waals surface area contributed by atoms with Gasteiger partial charge < -0.3 is 4.42 Å². The number of hydrogen-bond donors (Lipinski definition) is 1. The van der Waals surface area contributed by atoms with E-state index in [9.17, 15) is 9.59 Å². The number of hydrogen-bond acceptors (Lipinski definition) is 4. The van der Waals surface area contributed by atoms with Crippen molar-refractivity contribution >= 4 is 21.6 Å². The number of rotatable bonds is 1. The van der Waals surface area contributed by atoms with Gasteiger partial charge in [-0.15, -0.1) is 11.3 Å². The molecule has 0 saturated carbocycles. The minimum Gasteiger partial charge on any atom is -0.372 e. The van der Waals surface area contributed by atoms with Crippen molar-refractivity contribution in [2.24, 2.45) is 0 Å². The number of fused-ring (bicyclic) bond motifs is 1. The third-order valence-corrected chi connectivity index (χ3v) is 3.29. The van der Waals surface area contributed by atoms with Gasteiger partial charge >= 0.3 is 11.4 Å². The van der Waals surface area contributed by atoms with Gasteiger partial charge in [0.15, 0.2) is 0 Å². The molecule has 0 unspecified atom stereocenters. The van der Waals surface area contributed by atoms with Crippen molar-refractivity contribution in [1.82, 2.24) is 4.98 Å². The van der Waals surface area contributed by atoms with Crippen LogP contribution in [0.25, 0.3) is 10.2 Å². The van der Waals surface area contributed by atoms with E-state index in [0.29, 0.717) is 16.1 Å². The Bertz CT molecular complexity index is 575. The molecule has 5 heteroatoms. The smallest absolute Gasteiger partial charge is 0.372 e. The fourth-order valence-corrected chi connectivity index (χ4v) is 2.23. The molecule has 2 aromatic rings. The van der Waals surface area contributed by atoms with E-state index in [2.05, 4.69) is 9.40 Å². The van der Waals surface area contributed by atoms with Crippen LogP contribution in [0, 0.1) is 0 Å². The Morgan fingerprint density at radius 1 is 1.43 bits per heavy atom. The van der Waals surface area contributed by atoms with Gasteiger partial charge in [-0.1, -0.05) is 13.8 Å². The van der Waals surface area contributed by atoms with Gasteiger partial charge in [0.05, 0.1) is 5.39 Å². The predicted octanol–water partition coefficient (Wildman–Crippen LogP) is 1.67. The van der Waals surface area contributed by atoms with Crippen molar-refractivity contribution in [3.05, 3.63) is 31.9 Å². The molecule has 0 atom stereocenters. The van der Waals surface area contributed by atoms with Crippen LogP contribution in [-0.2, 0) is 0 Å². The molecule has 0 spiro atoms. The minimum atomic E-state index is -0.695. The first kappa shape index (κ1) is 9.21. The second kappa shape index (κ2) is 3.09. The van der Waals surface area contributed by atoms with E-state index in [-0.39, 0.29) is 0 Å². The van der Waals surface area contributed by atoms with Crippen LogP contribution in [0.5, 0.6) is 0 Å². The van der Waals surface area contributed by atoms with Gasteiger partial charge in [-0.05, 0) is 12.0 Å². The fourth-order valence-electron chi connectivity index (χ4n) is 1.20. The van der Waals surface area contributed by atoms with Crippen molar-refractivity contribution in [2.45, 2.75) is 19.8 Å². The van der Waals surface area contributed by atoms with Crippen LogP contribution < -0.4 is 11.4 Å². The van der Waals surface area contributed by atoms with E-state index < -0.39 is 11.4 Å². The Kier molecular flexibility index (Phi) is 2.03. The second-order valence-electron chi connectivity index (χ2n) is 3.35. The molecule has 14 heavy (non-hydrogen) atoms. The number of thiophene rings is 1. The highest BCUT2D eigenvalue weighted by Crippen LogP contribution is 2.26. The van der Waals surface area contributed by atoms with Crippen LogP contribution in [0.3, 0.4) is 0 Å². The molecule has 0 aliphatic heterocycles. The third kappa shape index (κ3) is 1.39. The Morgan fingerprint density at radius 3 is 2.79 bits per heavy atom. The lowest BCUT2D eigenvalue weighted by Gasteiger charge is -1.95. The standard InChI is InChI=1S/C9H9NO3S/c1-4(2)6-3-5-7(14-6)10-9(12)13-8(5)11/h3-4H,1-2H3,(H,10,12). The molecule has 2 heterocycles. The van der Waals surface area contributed by atoms with Crippen molar-refractivity contribution in [1.29, 1.82) is 0 Å². The molecule has 1 N–H and O–H groups in total. The van der Waals surface area contributed by atoms with Crippen molar-refractivity contribution in [3.63, 3.8) is 0 Å². The summed E-state index contributed by atoms with van der Waals surface area (Å²) in [6, 6.07) is 1.77. The lowest BCUT2D eigenvalue weighted by Crippen LogP contribution is -2.12. The molecule has 0 saturated heterocycles. The summed E-state index contributed by atoms with van der Waals surface area (Å²) in [5, 5.41) is 0.457. The molecular weight excluding hydrogens is 202 g/mol. The first-order valence-electron chi connectivity index (χ1n) is 4.25. The number of aromatic amines is 1. The highest BCUT2D eigenvalue weighted by molar-refractivity contribution is 7.18. The Balaban J connectivity index is 2.84. The van der Waals surface area contributed by atoms with Crippen LogP contribution in [0.4, 0.5) is 0 Å². The zero-order valence-corrected chi connectivity index (χ0v) is 8.60. The molecule has 74 valence electrons. The Morgan fingerprint density at radius 2 is 2.14 bits per heavy atom. The summed E-state index contributed by atoms with van der Waals surface area (Å²) < 4.78 is 4.42. The topological polar surface area (TPSA) is 63.1 Å². The number of aromatic nitrogens is 1. The normalized spacial score (nSPS) is 11.4. The molecule has 0 aliphatic rings. The molecule has 4 nitrogen and oxygen atoms in total. The van der Waals surface area contributed by atoms with E-state index in [1.54, 1.807) is 6.07 Å². The lowest BCUT2D eigenvalue weighted by atomic mass is 10.2. The SMILES string of the molecule is CC(C)c1cc2c(=O)oc(=O)[nH]c2s1. The lowest BCUT2D eigenvalue weighted by molar-refractivity contribution is 0.460. The van der Waals surface area contributed by atoms with E-state index in [4.69, 9.17) is 0 Å². The summed E-state index contributed by atoms with van der Waals surface area (Å²) in [6.07, 6.45) is 0. The molecule has 0 radical (unpaired) electrons. The zero-order chi connectivity index (χ0) is 10.3. The van der Waals surface area contributed by atoms with Crippen LogP contribution in [0.1, 0.15) is 24.6 Å². The van der Waals surface area contributed by atoms with Gasteiger partial charge in [-0.25, -0.2) is 9.59 Å². The summed E-state index contributed by atoms with van der Waals surface area (Å²) >= 11 is 1.42. The summed E-state index contributed by atoms with van der Waals surface area (Å²) in [5.41, 5.74) is -0.563.